The molecule has 3 aromatic rings. The maximum Gasteiger partial charge on any atom is 0.266 e. The Kier molecular flexibility index (Phi) is 8.98. The summed E-state index contributed by atoms with van der Waals surface area (Å²) in [6.45, 7) is 2.07. The Labute approximate surface area is 210 Å². The topological polar surface area (TPSA) is 100 Å². The van der Waals surface area contributed by atoms with Gasteiger partial charge >= 0.3 is 0 Å². The molecule has 2 N–H and O–H groups in total. The molecule has 0 heterocycles. The number of rotatable bonds is 9. The summed E-state index contributed by atoms with van der Waals surface area (Å²) in [5.41, 5.74) is 1.20. The van der Waals surface area contributed by atoms with Gasteiger partial charge in [0.15, 0.2) is 6.61 Å². The van der Waals surface area contributed by atoms with Crippen molar-refractivity contribution < 1.29 is 23.5 Å². The van der Waals surface area contributed by atoms with Crippen LogP contribution in [0.4, 0.5) is 15.8 Å². The zero-order chi connectivity index (χ0) is 25.2. The molecule has 9 heteroatoms. The van der Waals surface area contributed by atoms with Crippen molar-refractivity contribution in [2.24, 2.45) is 0 Å². The van der Waals surface area contributed by atoms with Crippen LogP contribution >= 0.6 is 15.9 Å². The van der Waals surface area contributed by atoms with Gasteiger partial charge in [0.2, 0.25) is 0 Å². The Morgan fingerprint density at radius 1 is 1.00 bits per heavy atom. The second kappa shape index (κ2) is 12.3. The van der Waals surface area contributed by atoms with Gasteiger partial charge in [-0.2, -0.15) is 5.26 Å². The van der Waals surface area contributed by atoms with Crippen molar-refractivity contribution in [3.63, 3.8) is 0 Å². The van der Waals surface area contributed by atoms with Crippen LogP contribution in [0.1, 0.15) is 12.5 Å². The third-order valence-corrected chi connectivity index (χ3v) is 5.04. The second-order valence-electron chi connectivity index (χ2n) is 7.11. The molecule has 2 amide bonds. The van der Waals surface area contributed by atoms with Crippen molar-refractivity contribution in [2.75, 3.05) is 23.8 Å². The number of hydrogen-bond donors (Lipinski definition) is 2. The lowest BCUT2D eigenvalue weighted by Crippen LogP contribution is -2.20. The molecule has 0 aliphatic carbocycles. The van der Waals surface area contributed by atoms with E-state index in [-0.39, 0.29) is 12.2 Å². The number of amides is 2. The highest BCUT2D eigenvalue weighted by molar-refractivity contribution is 9.10. The predicted octanol–water partition coefficient (Wildman–Crippen LogP) is 5.55. The number of nitrogens with one attached hydrogen (secondary N) is 2. The molecule has 178 valence electrons. The van der Waals surface area contributed by atoms with Crippen LogP contribution in [0.25, 0.3) is 6.08 Å². The Balaban J connectivity index is 1.71. The molecule has 0 aromatic heterocycles. The lowest BCUT2D eigenvalue weighted by Gasteiger charge is -2.11. The Morgan fingerprint density at radius 3 is 2.31 bits per heavy atom. The van der Waals surface area contributed by atoms with E-state index in [0.29, 0.717) is 39.5 Å². The van der Waals surface area contributed by atoms with Gasteiger partial charge in [-0.25, -0.2) is 4.39 Å². The van der Waals surface area contributed by atoms with E-state index in [1.54, 1.807) is 42.5 Å². The fourth-order valence-corrected chi connectivity index (χ4v) is 3.32. The molecule has 0 aliphatic rings. The highest BCUT2D eigenvalue weighted by Crippen LogP contribution is 2.26. The van der Waals surface area contributed by atoms with Gasteiger partial charge in [0, 0.05) is 21.4 Å². The Morgan fingerprint density at radius 2 is 1.66 bits per heavy atom. The predicted molar refractivity (Wildman–Crippen MR) is 134 cm³/mol. The monoisotopic (exact) mass is 537 g/mol. The fourth-order valence-electron chi connectivity index (χ4n) is 2.94. The smallest absolute Gasteiger partial charge is 0.266 e. The van der Waals surface area contributed by atoms with Crippen LogP contribution in [0.3, 0.4) is 0 Å². The van der Waals surface area contributed by atoms with E-state index < -0.39 is 17.6 Å². The Bertz CT molecular complexity index is 1270. The van der Waals surface area contributed by atoms with Crippen LogP contribution in [0.5, 0.6) is 11.5 Å². The molecular weight excluding hydrogens is 517 g/mol. The molecule has 0 saturated heterocycles. The maximum absolute atomic E-state index is 13.0. The number of carbonyl (C=O) groups is 2. The minimum atomic E-state index is -0.600. The van der Waals surface area contributed by atoms with E-state index in [1.807, 2.05) is 13.0 Å². The number of nitriles is 1. The van der Waals surface area contributed by atoms with Crippen LogP contribution in [-0.4, -0.2) is 25.0 Å². The molecule has 0 saturated carbocycles. The van der Waals surface area contributed by atoms with Gasteiger partial charge in [-0.1, -0.05) is 15.9 Å². The number of carbonyl (C=O) groups excluding carboxylic acids is 2. The first-order chi connectivity index (χ1) is 16.9. The molecule has 0 spiro atoms. The van der Waals surface area contributed by atoms with Crippen LogP contribution < -0.4 is 20.1 Å². The van der Waals surface area contributed by atoms with Gasteiger partial charge in [-0.3, -0.25) is 9.59 Å². The van der Waals surface area contributed by atoms with Gasteiger partial charge in [-0.05, 0) is 79.7 Å². The highest BCUT2D eigenvalue weighted by atomic mass is 79.9. The highest BCUT2D eigenvalue weighted by Gasteiger charge is 2.13. The van der Waals surface area contributed by atoms with E-state index in [2.05, 4.69) is 26.6 Å². The summed E-state index contributed by atoms with van der Waals surface area (Å²) in [4.78, 5) is 24.9. The third-order valence-electron chi connectivity index (χ3n) is 4.55. The van der Waals surface area contributed by atoms with Crippen molar-refractivity contribution in [1.29, 1.82) is 5.26 Å². The summed E-state index contributed by atoms with van der Waals surface area (Å²) in [5.74, 6) is -0.504. The maximum atomic E-state index is 13.0. The molecule has 0 unspecified atom stereocenters. The normalized spacial score (nSPS) is 10.7. The van der Waals surface area contributed by atoms with Crippen LogP contribution in [-0.2, 0) is 9.59 Å². The minimum absolute atomic E-state index is 0.155. The van der Waals surface area contributed by atoms with E-state index >= 15 is 0 Å². The molecule has 0 aliphatic heterocycles. The molecule has 0 bridgehead atoms. The quantitative estimate of drug-likeness (QED) is 0.275. The molecule has 3 rings (SSSR count). The fraction of sp³-hybridized carbons (Fsp3) is 0.115. The summed E-state index contributed by atoms with van der Waals surface area (Å²) in [5, 5.41) is 14.8. The minimum Gasteiger partial charge on any atom is -0.494 e. The van der Waals surface area contributed by atoms with E-state index in [1.165, 1.54) is 30.3 Å². The number of halogens is 2. The van der Waals surface area contributed by atoms with Crippen LogP contribution in [0, 0.1) is 17.1 Å². The largest absolute Gasteiger partial charge is 0.494 e. The summed E-state index contributed by atoms with van der Waals surface area (Å²) >= 11 is 3.36. The average Bonchev–Trinajstić information content (AvgIpc) is 2.84. The first-order valence-electron chi connectivity index (χ1n) is 10.5. The van der Waals surface area contributed by atoms with E-state index in [9.17, 15) is 19.2 Å². The standard InChI is InChI=1S/C26H21BrFN3O4/c1-2-34-23-10-8-22(9-11-23)31-26(33)18(15-29)13-17-14-19(27)3-12-24(17)35-16-25(32)30-21-6-4-20(28)5-7-21/h3-14H,2,16H2,1H3,(H,30,32)(H,31,33)/b18-13+. The summed E-state index contributed by atoms with van der Waals surface area (Å²) in [6.07, 6.45) is 1.38. The lowest BCUT2D eigenvalue weighted by molar-refractivity contribution is -0.118. The van der Waals surface area contributed by atoms with Crippen molar-refractivity contribution in [1.82, 2.24) is 0 Å². The van der Waals surface area contributed by atoms with Crippen molar-refractivity contribution in [3.05, 3.63) is 88.2 Å². The summed E-state index contributed by atoms with van der Waals surface area (Å²) in [6, 6.07) is 19.0. The zero-order valence-corrected chi connectivity index (χ0v) is 20.3. The molecule has 7 nitrogen and oxygen atoms in total. The SMILES string of the molecule is CCOc1ccc(NC(=O)/C(C#N)=C/c2cc(Br)ccc2OCC(=O)Nc2ccc(F)cc2)cc1. The number of ether oxygens (including phenoxy) is 2. The van der Waals surface area contributed by atoms with Gasteiger partial charge in [0.1, 0.15) is 29.0 Å². The van der Waals surface area contributed by atoms with E-state index in [4.69, 9.17) is 9.47 Å². The van der Waals surface area contributed by atoms with Gasteiger partial charge in [0.25, 0.3) is 11.8 Å². The van der Waals surface area contributed by atoms with Crippen molar-refractivity contribution in [2.45, 2.75) is 6.92 Å². The summed E-state index contributed by atoms with van der Waals surface area (Å²) in [7, 11) is 0. The average molecular weight is 538 g/mol. The molecule has 0 radical (unpaired) electrons. The number of nitrogens with zero attached hydrogens (tertiary/aromatic N) is 1. The molecule has 0 atom stereocenters. The van der Waals surface area contributed by atoms with Gasteiger partial charge < -0.3 is 20.1 Å². The Hall–Kier alpha value is -4.16. The number of hydrogen-bond acceptors (Lipinski definition) is 5. The first-order valence-corrected chi connectivity index (χ1v) is 11.3. The number of anilines is 2. The van der Waals surface area contributed by atoms with Gasteiger partial charge in [-0.15, -0.1) is 0 Å². The first kappa shape index (κ1) is 25.5. The molecule has 35 heavy (non-hydrogen) atoms. The van der Waals surface area contributed by atoms with Gasteiger partial charge in [0.05, 0.1) is 6.61 Å². The molecule has 0 fully saturated rings. The van der Waals surface area contributed by atoms with Crippen LogP contribution in [0.2, 0.25) is 0 Å². The van der Waals surface area contributed by atoms with Crippen molar-refractivity contribution >= 4 is 45.2 Å². The molecule has 3 aromatic carbocycles. The zero-order valence-electron chi connectivity index (χ0n) is 18.7. The van der Waals surface area contributed by atoms with Crippen molar-refractivity contribution in [3.8, 4) is 17.6 Å². The number of benzene rings is 3. The third kappa shape index (κ3) is 7.69. The van der Waals surface area contributed by atoms with Crippen LogP contribution in [0.15, 0.2) is 76.8 Å². The summed E-state index contributed by atoms with van der Waals surface area (Å²) < 4.78 is 24.7. The lowest BCUT2D eigenvalue weighted by atomic mass is 10.1. The molecular formula is C26H21BrFN3O4. The second-order valence-corrected chi connectivity index (χ2v) is 8.02. The van der Waals surface area contributed by atoms with E-state index in [0.717, 1.165) is 0 Å².